The van der Waals surface area contributed by atoms with Gasteiger partial charge in [-0.3, -0.25) is 24.0 Å². The number of nitrogens with zero attached hydrogens (tertiary/aromatic N) is 4. The summed E-state index contributed by atoms with van der Waals surface area (Å²) in [5.41, 5.74) is 4.90. The van der Waals surface area contributed by atoms with Gasteiger partial charge in [-0.1, -0.05) is 12.1 Å². The van der Waals surface area contributed by atoms with E-state index in [9.17, 15) is 28.8 Å². The van der Waals surface area contributed by atoms with Crippen molar-refractivity contribution in [3.05, 3.63) is 95.1 Å². The first-order valence-electron chi connectivity index (χ1n) is 17.3. The fourth-order valence-corrected chi connectivity index (χ4v) is 5.91. The van der Waals surface area contributed by atoms with E-state index in [4.69, 9.17) is 14.2 Å². The van der Waals surface area contributed by atoms with E-state index < -0.39 is 17.8 Å². The van der Waals surface area contributed by atoms with Crippen molar-refractivity contribution in [1.29, 1.82) is 0 Å². The third-order valence-electron chi connectivity index (χ3n) is 8.58. The van der Waals surface area contributed by atoms with Crippen molar-refractivity contribution in [1.82, 2.24) is 45.9 Å². The van der Waals surface area contributed by atoms with Crippen LogP contribution in [-0.2, 0) is 27.4 Å². The molecule has 290 valence electrons. The summed E-state index contributed by atoms with van der Waals surface area (Å²) in [5.74, 6) is -0.988. The van der Waals surface area contributed by atoms with Crippen LogP contribution in [0.25, 0.3) is 22.1 Å². The summed E-state index contributed by atoms with van der Waals surface area (Å²) in [5, 5.41) is 13.5. The molecule has 2 aliphatic rings. The summed E-state index contributed by atoms with van der Waals surface area (Å²) in [6.07, 6.45) is 5.39. The third-order valence-corrected chi connectivity index (χ3v) is 8.58. The molecule has 57 heavy (non-hydrogen) atoms. The number of ether oxygens (including phenoxy) is 3. The lowest BCUT2D eigenvalue weighted by Crippen LogP contribution is -2.26. The van der Waals surface area contributed by atoms with Crippen LogP contribution in [0.4, 0.5) is 11.4 Å². The zero-order valence-electron chi connectivity index (χ0n) is 30.3. The number of aromatic nitrogens is 6. The molecule has 0 spiro atoms. The van der Waals surface area contributed by atoms with Crippen LogP contribution in [0, 0.1) is 0 Å². The molecule has 6 aromatic rings. The van der Waals surface area contributed by atoms with Crippen LogP contribution in [0.3, 0.4) is 0 Å². The van der Waals surface area contributed by atoms with Crippen LogP contribution < -0.4 is 36.1 Å². The second kappa shape index (κ2) is 16.2. The summed E-state index contributed by atoms with van der Waals surface area (Å²) in [4.78, 5) is 94.0. The van der Waals surface area contributed by atoms with Crippen LogP contribution >= 0.6 is 0 Å². The molecule has 8 rings (SSSR count). The minimum absolute atomic E-state index is 0.0129. The predicted octanol–water partition coefficient (Wildman–Crippen LogP) is 1.97. The Hall–Kier alpha value is -7.90. The lowest BCUT2D eigenvalue weighted by molar-refractivity contribution is -0.119. The molecule has 0 saturated heterocycles. The number of H-pyrrole nitrogens is 2. The van der Waals surface area contributed by atoms with E-state index in [2.05, 4.69) is 56.5 Å². The third kappa shape index (κ3) is 7.99. The van der Waals surface area contributed by atoms with Gasteiger partial charge in [-0.25, -0.2) is 24.7 Å². The Kier molecular flexibility index (Phi) is 10.6. The van der Waals surface area contributed by atoms with Gasteiger partial charge in [0.25, 0.3) is 29.5 Å². The van der Waals surface area contributed by atoms with Crippen LogP contribution in [0.5, 0.6) is 11.5 Å². The number of carbonyl (C=O) groups excluding carboxylic acids is 6. The van der Waals surface area contributed by atoms with Crippen LogP contribution in [0.15, 0.2) is 61.4 Å². The second-order valence-electron chi connectivity index (χ2n) is 12.3. The molecule has 0 fully saturated rings. The van der Waals surface area contributed by atoms with Crippen LogP contribution in [-0.4, -0.2) is 92.3 Å². The lowest BCUT2D eigenvalue weighted by atomic mass is 10.1. The Bertz CT molecular complexity index is 2580. The van der Waals surface area contributed by atoms with Crippen molar-refractivity contribution >= 4 is 68.9 Å². The summed E-state index contributed by atoms with van der Waals surface area (Å²) < 4.78 is 15.6. The average molecular weight is 776 g/mol. The molecule has 0 atom stereocenters. The number of esters is 1. The van der Waals surface area contributed by atoms with Crippen molar-refractivity contribution in [3.63, 3.8) is 0 Å². The minimum atomic E-state index is -0.526. The van der Waals surface area contributed by atoms with Crippen LogP contribution in [0.2, 0.25) is 0 Å². The zero-order valence-corrected chi connectivity index (χ0v) is 30.3. The number of fused-ring (bicyclic) bond motifs is 4. The Labute approximate surface area is 321 Å². The molecule has 0 bridgehead atoms. The zero-order chi connectivity index (χ0) is 40.1. The molecule has 2 aliphatic heterocycles. The van der Waals surface area contributed by atoms with Gasteiger partial charge < -0.3 is 50.8 Å². The van der Waals surface area contributed by atoms with Gasteiger partial charge in [0.1, 0.15) is 40.8 Å². The highest BCUT2D eigenvalue weighted by molar-refractivity contribution is 6.11. The highest BCUT2D eigenvalue weighted by Crippen LogP contribution is 2.30. The van der Waals surface area contributed by atoms with Crippen LogP contribution in [0.1, 0.15) is 59.7 Å². The van der Waals surface area contributed by atoms with Gasteiger partial charge >= 0.3 is 5.97 Å². The molecule has 0 unspecified atom stereocenters. The first-order chi connectivity index (χ1) is 27.6. The largest absolute Gasteiger partial charge is 0.482 e. The highest BCUT2D eigenvalue weighted by atomic mass is 16.5. The Morgan fingerprint density at radius 1 is 0.702 bits per heavy atom. The van der Waals surface area contributed by atoms with Gasteiger partial charge in [0.05, 0.1) is 34.6 Å². The molecule has 5 amide bonds. The number of nitrogens with one attached hydrogen (secondary N) is 7. The second-order valence-corrected chi connectivity index (χ2v) is 12.3. The summed E-state index contributed by atoms with van der Waals surface area (Å²) in [7, 11) is 1.52. The Morgan fingerprint density at radius 2 is 1.19 bits per heavy atom. The predicted molar refractivity (Wildman–Crippen MR) is 201 cm³/mol. The van der Waals surface area contributed by atoms with Gasteiger partial charge in [0, 0.05) is 32.5 Å². The van der Waals surface area contributed by atoms with Gasteiger partial charge in [-0.2, -0.15) is 0 Å². The molecule has 7 N–H and O–H groups in total. The average Bonchev–Trinajstić information content (AvgIpc) is 3.87. The van der Waals surface area contributed by atoms with Gasteiger partial charge in [-0.15, -0.1) is 0 Å². The molecule has 0 aliphatic carbocycles. The summed E-state index contributed by atoms with van der Waals surface area (Å²) in [6, 6.07) is 10.5. The van der Waals surface area contributed by atoms with E-state index in [0.717, 1.165) is 11.1 Å². The number of hydrogen-bond donors (Lipinski definition) is 7. The number of rotatable bonds is 9. The van der Waals surface area contributed by atoms with Crippen molar-refractivity contribution < 1.29 is 43.0 Å². The van der Waals surface area contributed by atoms with E-state index in [0.29, 0.717) is 50.5 Å². The highest BCUT2D eigenvalue weighted by Gasteiger charge is 2.22. The normalized spacial score (nSPS) is 12.7. The molecule has 4 aromatic heterocycles. The molecule has 20 nitrogen and oxygen atoms in total. The smallest absolute Gasteiger partial charge is 0.341 e. The lowest BCUT2D eigenvalue weighted by Gasteiger charge is -2.18. The topological polar surface area (TPSA) is 273 Å². The van der Waals surface area contributed by atoms with E-state index in [-0.39, 0.29) is 67.6 Å². The molecular formula is C37H33N11O9. The van der Waals surface area contributed by atoms with E-state index in [1.807, 2.05) is 0 Å². The van der Waals surface area contributed by atoms with E-state index in [1.54, 1.807) is 43.3 Å². The SMILES string of the molecule is CCOC(=O)c1c[nH]c2c(C(=O)NCc3ccc4c(c3)NC(=O)CO4)ncnc12.CNC(=O)c1c[nH]c2c(C(=O)NCc3ccc4c(c3)NC(=O)CO4)ncnc12. The fourth-order valence-electron chi connectivity index (χ4n) is 5.91. The number of hydrogen-bond acceptors (Lipinski definition) is 13. The molecular weight excluding hydrogens is 742 g/mol. The molecule has 6 heterocycles. The molecule has 0 radical (unpaired) electrons. The summed E-state index contributed by atoms with van der Waals surface area (Å²) >= 11 is 0. The maximum atomic E-state index is 12.6. The first-order valence-corrected chi connectivity index (χ1v) is 17.3. The van der Waals surface area contributed by atoms with Gasteiger partial charge in [-0.05, 0) is 42.3 Å². The quantitative estimate of drug-likeness (QED) is 0.104. The van der Waals surface area contributed by atoms with Crippen molar-refractivity contribution in [2.24, 2.45) is 0 Å². The Balaban J connectivity index is 0.000000174. The number of amides is 5. The van der Waals surface area contributed by atoms with E-state index in [1.165, 1.54) is 32.1 Å². The monoisotopic (exact) mass is 775 g/mol. The standard InChI is InChI=1S/C19H17N5O5.C18H16N6O4/c1-2-28-19(27)11-7-20-16-15(11)22-9-23-17(16)18(26)21-6-10-3-4-13-12(5-10)24-14(25)8-29-13;1-19-17(26)10-6-20-15-14(10)22-8-23-16(15)18(27)21-5-9-2-3-12-11(4-9)24-13(25)7-28-12/h3-5,7,9,20H,2,6,8H2,1H3,(H,21,26)(H,24,25);2-4,6,8,20H,5,7H2,1H3,(H,19,26)(H,21,27)(H,24,25). The minimum Gasteiger partial charge on any atom is -0.482 e. The Morgan fingerprint density at radius 3 is 1.68 bits per heavy atom. The molecule has 20 heteroatoms. The maximum absolute atomic E-state index is 12.6. The van der Waals surface area contributed by atoms with Crippen molar-refractivity contribution in [2.75, 3.05) is 37.5 Å². The summed E-state index contributed by atoms with van der Waals surface area (Å²) in [6.45, 7) is 2.34. The van der Waals surface area contributed by atoms with E-state index >= 15 is 0 Å². The number of benzene rings is 2. The molecule has 2 aromatic carbocycles. The van der Waals surface area contributed by atoms with Gasteiger partial charge in [0.2, 0.25) is 0 Å². The van der Waals surface area contributed by atoms with Crippen molar-refractivity contribution in [3.8, 4) is 11.5 Å². The number of carbonyl (C=O) groups is 6. The first kappa shape index (κ1) is 37.4. The fraction of sp³-hybridized carbons (Fsp3) is 0.189. The maximum Gasteiger partial charge on any atom is 0.341 e. The number of aromatic amines is 2. The van der Waals surface area contributed by atoms with Gasteiger partial charge in [0.15, 0.2) is 24.6 Å². The number of anilines is 2. The molecule has 0 saturated carbocycles. The van der Waals surface area contributed by atoms with Crippen molar-refractivity contribution in [2.45, 2.75) is 20.0 Å².